The summed E-state index contributed by atoms with van der Waals surface area (Å²) in [4.78, 5) is 28.9. The topological polar surface area (TPSA) is 86.8 Å². The van der Waals surface area contributed by atoms with Crippen LogP contribution in [0.1, 0.15) is 36.5 Å². The Bertz CT molecular complexity index is 1250. The summed E-state index contributed by atoms with van der Waals surface area (Å²) >= 11 is 0. The predicted octanol–water partition coefficient (Wildman–Crippen LogP) is 4.00. The Morgan fingerprint density at radius 2 is 1.29 bits per heavy atom. The quantitative estimate of drug-likeness (QED) is 0.316. The number of amides is 2. The van der Waals surface area contributed by atoms with Crippen molar-refractivity contribution in [3.63, 3.8) is 0 Å². The van der Waals surface area contributed by atoms with E-state index in [1.54, 1.807) is 0 Å². The summed E-state index contributed by atoms with van der Waals surface area (Å²) < 4.78 is 26.6. The maximum absolute atomic E-state index is 13.9. The maximum atomic E-state index is 13.9. The van der Waals surface area contributed by atoms with Gasteiger partial charge < -0.3 is 10.2 Å². The van der Waals surface area contributed by atoms with Crippen LogP contribution in [0, 0.1) is 0 Å². The summed E-state index contributed by atoms with van der Waals surface area (Å²) in [5, 5.41) is 2.98. The van der Waals surface area contributed by atoms with Gasteiger partial charge in [-0.15, -0.1) is 0 Å². The van der Waals surface area contributed by atoms with E-state index >= 15 is 0 Å². The number of hydrogen-bond donors (Lipinski definition) is 1. The van der Waals surface area contributed by atoms with Gasteiger partial charge in [0.05, 0.1) is 12.8 Å². The predicted molar refractivity (Wildman–Crippen MR) is 151 cm³/mol. The molecule has 38 heavy (non-hydrogen) atoms. The molecule has 0 spiro atoms. The highest BCUT2D eigenvalue weighted by Gasteiger charge is 2.32. The number of carbonyl (C=O) groups excluding carboxylic acids is 2. The molecule has 1 N–H and O–H groups in total. The van der Waals surface area contributed by atoms with E-state index in [1.807, 2.05) is 97.9 Å². The standard InChI is InChI=1S/C30H37N3O4S/c1-3-4-20-31-30(35)28(21-25-14-8-5-9-15-25)33(23-27-18-12-7-13-19-27)29(34)24-32(38(2,36)37)22-26-16-10-6-11-17-26/h5-19,28H,3-4,20-24H2,1-2H3,(H,31,35)/t28-/m1/s1. The van der Waals surface area contributed by atoms with E-state index in [4.69, 9.17) is 0 Å². The van der Waals surface area contributed by atoms with Gasteiger partial charge in [0, 0.05) is 26.1 Å². The van der Waals surface area contributed by atoms with Crippen LogP contribution >= 0.6 is 0 Å². The molecule has 1 atom stereocenters. The Labute approximate surface area is 226 Å². The summed E-state index contributed by atoms with van der Waals surface area (Å²) in [6.45, 7) is 2.44. The minimum Gasteiger partial charge on any atom is -0.354 e. The maximum Gasteiger partial charge on any atom is 0.243 e. The summed E-state index contributed by atoms with van der Waals surface area (Å²) in [7, 11) is -3.70. The van der Waals surface area contributed by atoms with E-state index in [0.29, 0.717) is 13.0 Å². The lowest BCUT2D eigenvalue weighted by Gasteiger charge is -2.33. The van der Waals surface area contributed by atoms with E-state index in [9.17, 15) is 18.0 Å². The zero-order chi connectivity index (χ0) is 27.4. The highest BCUT2D eigenvalue weighted by atomic mass is 32.2. The van der Waals surface area contributed by atoms with Crippen molar-refractivity contribution in [2.45, 2.75) is 45.3 Å². The van der Waals surface area contributed by atoms with Crippen molar-refractivity contribution in [3.8, 4) is 0 Å². The number of rotatable bonds is 14. The fourth-order valence-electron chi connectivity index (χ4n) is 4.16. The fourth-order valence-corrected chi connectivity index (χ4v) is 4.89. The first kappa shape index (κ1) is 29.1. The second-order valence-corrected chi connectivity index (χ2v) is 11.4. The first-order valence-electron chi connectivity index (χ1n) is 12.9. The van der Waals surface area contributed by atoms with Crippen LogP contribution < -0.4 is 5.32 Å². The number of unbranched alkanes of at least 4 members (excludes halogenated alkanes) is 1. The van der Waals surface area contributed by atoms with E-state index in [2.05, 4.69) is 5.32 Å². The van der Waals surface area contributed by atoms with Crippen LogP contribution in [0.2, 0.25) is 0 Å². The third kappa shape index (κ3) is 9.11. The lowest BCUT2D eigenvalue weighted by Crippen LogP contribution is -2.53. The highest BCUT2D eigenvalue weighted by Crippen LogP contribution is 2.17. The molecule has 0 unspecified atom stereocenters. The van der Waals surface area contributed by atoms with Crippen LogP contribution in [0.4, 0.5) is 0 Å². The van der Waals surface area contributed by atoms with Gasteiger partial charge in [0.1, 0.15) is 6.04 Å². The van der Waals surface area contributed by atoms with Crippen LogP contribution in [-0.4, -0.2) is 54.8 Å². The van der Waals surface area contributed by atoms with Gasteiger partial charge in [-0.3, -0.25) is 9.59 Å². The molecule has 0 aliphatic heterocycles. The molecular weight excluding hydrogens is 498 g/mol. The molecule has 0 fully saturated rings. The van der Waals surface area contributed by atoms with Crippen molar-refractivity contribution < 1.29 is 18.0 Å². The summed E-state index contributed by atoms with van der Waals surface area (Å²) in [6.07, 6.45) is 3.17. The highest BCUT2D eigenvalue weighted by molar-refractivity contribution is 7.88. The van der Waals surface area contributed by atoms with Gasteiger partial charge in [-0.05, 0) is 23.1 Å². The SMILES string of the molecule is CCCCNC(=O)[C@@H](Cc1ccccc1)N(Cc1ccccc1)C(=O)CN(Cc1ccccc1)S(C)(=O)=O. The number of carbonyl (C=O) groups is 2. The molecule has 3 aromatic carbocycles. The molecule has 0 aliphatic rings. The molecule has 202 valence electrons. The molecule has 0 aromatic heterocycles. The van der Waals surface area contributed by atoms with Gasteiger partial charge in [-0.25, -0.2) is 8.42 Å². The molecule has 3 aromatic rings. The molecule has 0 radical (unpaired) electrons. The number of nitrogens with zero attached hydrogens (tertiary/aromatic N) is 2. The molecule has 8 heteroatoms. The molecule has 7 nitrogen and oxygen atoms in total. The minimum absolute atomic E-state index is 0.0661. The summed E-state index contributed by atoms with van der Waals surface area (Å²) in [6, 6.07) is 27.3. The summed E-state index contributed by atoms with van der Waals surface area (Å²) in [5.41, 5.74) is 2.55. The Kier molecular flexibility index (Phi) is 11.1. The van der Waals surface area contributed by atoms with Crippen molar-refractivity contribution in [1.82, 2.24) is 14.5 Å². The van der Waals surface area contributed by atoms with Crippen molar-refractivity contribution in [2.24, 2.45) is 0 Å². The number of nitrogens with one attached hydrogen (secondary N) is 1. The summed E-state index contributed by atoms with van der Waals surface area (Å²) in [5.74, 6) is -0.678. The van der Waals surface area contributed by atoms with E-state index in [-0.39, 0.29) is 25.5 Å². The second-order valence-electron chi connectivity index (χ2n) is 9.37. The molecule has 0 saturated heterocycles. The van der Waals surface area contributed by atoms with Gasteiger partial charge in [-0.2, -0.15) is 4.31 Å². The molecular formula is C30H37N3O4S. The van der Waals surface area contributed by atoms with Crippen molar-refractivity contribution in [2.75, 3.05) is 19.3 Å². The van der Waals surface area contributed by atoms with Crippen LogP contribution in [0.25, 0.3) is 0 Å². The Morgan fingerprint density at radius 3 is 1.79 bits per heavy atom. The Hall–Kier alpha value is -3.49. The first-order valence-corrected chi connectivity index (χ1v) is 14.8. The van der Waals surface area contributed by atoms with Crippen LogP contribution in [-0.2, 0) is 39.1 Å². The minimum atomic E-state index is -3.70. The molecule has 2 amide bonds. The van der Waals surface area contributed by atoms with Crippen LogP contribution in [0.3, 0.4) is 0 Å². The van der Waals surface area contributed by atoms with Crippen LogP contribution in [0.15, 0.2) is 91.0 Å². The van der Waals surface area contributed by atoms with Gasteiger partial charge in [0.25, 0.3) is 0 Å². The van der Waals surface area contributed by atoms with Crippen molar-refractivity contribution in [1.29, 1.82) is 0 Å². The van der Waals surface area contributed by atoms with Crippen molar-refractivity contribution in [3.05, 3.63) is 108 Å². The van der Waals surface area contributed by atoms with Gasteiger partial charge in [0.2, 0.25) is 21.8 Å². The zero-order valence-corrected chi connectivity index (χ0v) is 22.9. The molecule has 0 bridgehead atoms. The molecule has 3 rings (SSSR count). The number of sulfonamides is 1. The zero-order valence-electron chi connectivity index (χ0n) is 22.1. The second kappa shape index (κ2) is 14.4. The Balaban J connectivity index is 1.95. The number of benzene rings is 3. The smallest absolute Gasteiger partial charge is 0.243 e. The number of hydrogen-bond acceptors (Lipinski definition) is 4. The lowest BCUT2D eigenvalue weighted by atomic mass is 10.0. The van der Waals surface area contributed by atoms with Gasteiger partial charge >= 0.3 is 0 Å². The first-order chi connectivity index (χ1) is 18.3. The molecule has 0 heterocycles. The average Bonchev–Trinajstić information content (AvgIpc) is 2.91. The molecule has 0 aliphatic carbocycles. The van der Waals surface area contributed by atoms with Crippen molar-refractivity contribution >= 4 is 21.8 Å². The largest absolute Gasteiger partial charge is 0.354 e. The molecule has 0 saturated carbocycles. The van der Waals surface area contributed by atoms with Gasteiger partial charge in [-0.1, -0.05) is 104 Å². The average molecular weight is 536 g/mol. The Morgan fingerprint density at radius 1 is 0.789 bits per heavy atom. The third-order valence-electron chi connectivity index (χ3n) is 6.28. The monoisotopic (exact) mass is 535 g/mol. The third-order valence-corrected chi connectivity index (χ3v) is 7.48. The van der Waals surface area contributed by atoms with E-state index < -0.39 is 22.0 Å². The lowest BCUT2D eigenvalue weighted by molar-refractivity contribution is -0.141. The van der Waals surface area contributed by atoms with Crippen LogP contribution in [0.5, 0.6) is 0 Å². The van der Waals surface area contributed by atoms with E-state index in [1.165, 1.54) is 4.90 Å². The van der Waals surface area contributed by atoms with E-state index in [0.717, 1.165) is 40.1 Å². The fraction of sp³-hybridized carbons (Fsp3) is 0.333. The normalized spacial score (nSPS) is 12.2. The van der Waals surface area contributed by atoms with Gasteiger partial charge in [0.15, 0.2) is 0 Å².